The first-order valence-electron chi connectivity index (χ1n) is 9.99. The number of aliphatic hydroxyl groups is 1. The molecule has 3 fully saturated rings. The number of hydrogen-bond acceptors (Lipinski definition) is 4. The first-order chi connectivity index (χ1) is 13.7. The normalized spacial score (nSPS) is 28.5. The molecule has 2 atom stereocenters. The molecule has 2 unspecified atom stereocenters. The number of fused-ring (bicyclic) bond motifs is 3. The van der Waals surface area contributed by atoms with Crippen LogP contribution in [0.5, 0.6) is 0 Å². The van der Waals surface area contributed by atoms with Crippen molar-refractivity contribution in [2.45, 2.75) is 43.7 Å². The molecule has 3 aliphatic rings. The number of piperidine rings is 3. The summed E-state index contributed by atoms with van der Waals surface area (Å²) >= 11 is 0. The summed E-state index contributed by atoms with van der Waals surface area (Å²) in [4.78, 5) is 7.11. The molecule has 3 saturated heterocycles. The third-order valence-corrected chi connectivity index (χ3v) is 6.26. The zero-order valence-corrected chi connectivity index (χ0v) is 16.0. The summed E-state index contributed by atoms with van der Waals surface area (Å²) in [5, 5.41) is 20.9. The van der Waals surface area contributed by atoms with E-state index in [1.54, 1.807) is 0 Å². The second kappa shape index (κ2) is 7.76. The van der Waals surface area contributed by atoms with E-state index in [4.69, 9.17) is 16.7 Å². The van der Waals surface area contributed by atoms with Gasteiger partial charge in [0.15, 0.2) is 0 Å². The van der Waals surface area contributed by atoms with Crippen molar-refractivity contribution in [1.29, 1.82) is 5.26 Å². The van der Waals surface area contributed by atoms with Gasteiger partial charge in [0.05, 0.1) is 11.8 Å². The van der Waals surface area contributed by atoms with Crippen molar-refractivity contribution in [2.24, 2.45) is 5.92 Å². The monoisotopic (exact) mass is 371 g/mol. The lowest BCUT2D eigenvalue weighted by atomic mass is 9.66. The van der Waals surface area contributed by atoms with Crippen molar-refractivity contribution in [3.8, 4) is 18.4 Å². The van der Waals surface area contributed by atoms with E-state index >= 15 is 0 Å². The number of aromatic nitrogens is 1. The van der Waals surface area contributed by atoms with Crippen LogP contribution in [0.25, 0.3) is 0 Å². The van der Waals surface area contributed by atoms with Gasteiger partial charge in [0.1, 0.15) is 11.6 Å². The van der Waals surface area contributed by atoms with Crippen LogP contribution in [0, 0.1) is 29.6 Å². The average molecular weight is 371 g/mol. The zero-order chi connectivity index (χ0) is 19.6. The lowest BCUT2D eigenvalue weighted by molar-refractivity contribution is -0.143. The Bertz CT molecular complexity index is 919. The Morgan fingerprint density at radius 2 is 1.93 bits per heavy atom. The summed E-state index contributed by atoms with van der Waals surface area (Å²) in [5.74, 6) is 3.02. The quantitative estimate of drug-likeness (QED) is 0.821. The van der Waals surface area contributed by atoms with Crippen molar-refractivity contribution in [1.82, 2.24) is 9.88 Å². The molecule has 0 radical (unpaired) electrons. The Hall–Kier alpha value is -2.66. The van der Waals surface area contributed by atoms with Gasteiger partial charge in [-0.05, 0) is 43.5 Å². The molecule has 0 amide bonds. The molecule has 0 saturated carbocycles. The first kappa shape index (κ1) is 18.7. The zero-order valence-electron chi connectivity index (χ0n) is 16.0. The fraction of sp³-hybridized carbons (Fsp3) is 0.417. The molecule has 2 bridgehead atoms. The molecule has 4 heteroatoms. The summed E-state index contributed by atoms with van der Waals surface area (Å²) in [5.41, 5.74) is 2.69. The smallest absolute Gasteiger partial charge is 0.121 e. The molecule has 2 aromatic rings. The molecular formula is C24H25N3O. The first-order valence-corrected chi connectivity index (χ1v) is 9.99. The van der Waals surface area contributed by atoms with Gasteiger partial charge >= 0.3 is 0 Å². The maximum Gasteiger partial charge on any atom is 0.121 e. The van der Waals surface area contributed by atoms with Crippen molar-refractivity contribution >= 4 is 0 Å². The van der Waals surface area contributed by atoms with Gasteiger partial charge in [-0.3, -0.25) is 9.88 Å². The molecule has 4 heterocycles. The molecule has 1 aromatic heterocycles. The van der Waals surface area contributed by atoms with E-state index in [0.29, 0.717) is 19.3 Å². The fourth-order valence-corrected chi connectivity index (χ4v) is 4.86. The Morgan fingerprint density at radius 3 is 2.61 bits per heavy atom. The van der Waals surface area contributed by atoms with Gasteiger partial charge in [0.25, 0.3) is 0 Å². The number of benzene rings is 1. The van der Waals surface area contributed by atoms with E-state index in [9.17, 15) is 5.11 Å². The molecule has 1 N–H and O–H groups in total. The minimum Gasteiger partial charge on any atom is -0.382 e. The number of nitrogens with zero attached hydrogens (tertiary/aromatic N) is 3. The molecular weight excluding hydrogens is 346 g/mol. The van der Waals surface area contributed by atoms with E-state index < -0.39 is 5.60 Å². The number of hydrogen-bond donors (Lipinski definition) is 1. The van der Waals surface area contributed by atoms with Crippen LogP contribution in [0.15, 0.2) is 42.5 Å². The SMILES string of the molecule is C#CC1N2CCC(CC2)C1(O)c1ccc(CCC#N)nc1Cc1ccccc1. The van der Waals surface area contributed by atoms with Crippen molar-refractivity contribution in [2.75, 3.05) is 13.1 Å². The highest BCUT2D eigenvalue weighted by Crippen LogP contribution is 2.47. The van der Waals surface area contributed by atoms with Gasteiger partial charge in [-0.1, -0.05) is 42.3 Å². The number of terminal acetylenes is 1. The van der Waals surface area contributed by atoms with Crippen molar-refractivity contribution < 1.29 is 5.11 Å². The summed E-state index contributed by atoms with van der Waals surface area (Å²) in [6.07, 6.45) is 9.49. The van der Waals surface area contributed by atoms with E-state index in [1.807, 2.05) is 30.3 Å². The van der Waals surface area contributed by atoms with E-state index in [2.05, 4.69) is 29.0 Å². The average Bonchev–Trinajstić information content (AvgIpc) is 2.74. The largest absolute Gasteiger partial charge is 0.382 e. The van der Waals surface area contributed by atoms with Crippen molar-refractivity contribution in [3.63, 3.8) is 0 Å². The van der Waals surface area contributed by atoms with Gasteiger partial charge in [0.2, 0.25) is 0 Å². The van der Waals surface area contributed by atoms with Crippen LogP contribution >= 0.6 is 0 Å². The number of nitriles is 1. The molecule has 0 spiro atoms. The van der Waals surface area contributed by atoms with E-state index in [-0.39, 0.29) is 12.0 Å². The second-order valence-electron chi connectivity index (χ2n) is 7.82. The molecule has 1 aromatic carbocycles. The Kier molecular flexibility index (Phi) is 5.18. The van der Waals surface area contributed by atoms with Crippen LogP contribution < -0.4 is 0 Å². The lowest BCUT2D eigenvalue weighted by Gasteiger charge is -2.54. The highest BCUT2D eigenvalue weighted by atomic mass is 16.3. The van der Waals surface area contributed by atoms with Crippen LogP contribution in [-0.2, 0) is 18.4 Å². The van der Waals surface area contributed by atoms with Gasteiger partial charge in [-0.15, -0.1) is 6.42 Å². The third kappa shape index (κ3) is 3.20. The van der Waals surface area contributed by atoms with E-state index in [1.165, 1.54) is 0 Å². The molecule has 142 valence electrons. The number of pyridine rings is 1. The number of rotatable bonds is 5. The highest BCUT2D eigenvalue weighted by Gasteiger charge is 2.54. The standard InChI is InChI=1S/C24H25N3O/c1-2-23-24(28,19-12-15-27(23)16-13-19)21-11-10-20(9-6-14-25)26-22(21)17-18-7-4-3-5-8-18/h1,3-5,7-8,10-11,19,23,28H,6,9,12-13,15-17H2. The minimum absolute atomic E-state index is 0.153. The second-order valence-corrected chi connectivity index (χ2v) is 7.82. The Balaban J connectivity index is 1.79. The Morgan fingerprint density at radius 1 is 1.18 bits per heavy atom. The maximum absolute atomic E-state index is 11.9. The summed E-state index contributed by atoms with van der Waals surface area (Å²) < 4.78 is 0. The predicted octanol–water partition coefficient (Wildman–Crippen LogP) is 3.04. The van der Waals surface area contributed by atoms with E-state index in [0.717, 1.165) is 48.4 Å². The van der Waals surface area contributed by atoms with Gasteiger partial charge in [0, 0.05) is 30.5 Å². The van der Waals surface area contributed by atoms with Gasteiger partial charge in [-0.2, -0.15) is 5.26 Å². The molecule has 4 nitrogen and oxygen atoms in total. The van der Waals surface area contributed by atoms with Crippen LogP contribution in [0.2, 0.25) is 0 Å². The van der Waals surface area contributed by atoms with Crippen molar-refractivity contribution in [3.05, 3.63) is 65.0 Å². The van der Waals surface area contributed by atoms with Crippen LogP contribution in [0.4, 0.5) is 0 Å². The summed E-state index contributed by atoms with van der Waals surface area (Å²) in [7, 11) is 0. The Labute approximate surface area is 166 Å². The minimum atomic E-state index is -1.07. The third-order valence-electron chi connectivity index (χ3n) is 6.26. The topological polar surface area (TPSA) is 60.1 Å². The summed E-state index contributed by atoms with van der Waals surface area (Å²) in [6.45, 7) is 1.90. The van der Waals surface area contributed by atoms with Gasteiger partial charge < -0.3 is 5.11 Å². The predicted molar refractivity (Wildman–Crippen MR) is 108 cm³/mol. The molecule has 3 aliphatic heterocycles. The fourth-order valence-electron chi connectivity index (χ4n) is 4.86. The highest BCUT2D eigenvalue weighted by molar-refractivity contribution is 5.39. The maximum atomic E-state index is 11.9. The number of aryl methyl sites for hydroxylation is 1. The molecule has 0 aliphatic carbocycles. The van der Waals surface area contributed by atoms with Crippen LogP contribution in [0.1, 0.15) is 41.8 Å². The van der Waals surface area contributed by atoms with Gasteiger partial charge in [-0.25, -0.2) is 0 Å². The molecule has 5 rings (SSSR count). The lowest BCUT2D eigenvalue weighted by Crippen LogP contribution is -2.63. The van der Waals surface area contributed by atoms with Crippen LogP contribution in [-0.4, -0.2) is 34.1 Å². The summed E-state index contributed by atoms with van der Waals surface area (Å²) in [6, 6.07) is 16.0. The van der Waals surface area contributed by atoms with Crippen LogP contribution in [0.3, 0.4) is 0 Å². The molecule has 28 heavy (non-hydrogen) atoms.